The number of rotatable bonds is 5. The Labute approximate surface area is 130 Å². The second-order valence-electron chi connectivity index (χ2n) is 4.33. The first-order valence-corrected chi connectivity index (χ1v) is 7.87. The molecule has 1 aromatic carbocycles. The summed E-state index contributed by atoms with van der Waals surface area (Å²) in [7, 11) is 0. The number of aromatic nitrogens is 1. The van der Waals surface area contributed by atoms with Gasteiger partial charge in [-0.25, -0.2) is 0 Å². The van der Waals surface area contributed by atoms with Crippen LogP contribution in [0.15, 0.2) is 51.5 Å². The molecule has 2 rings (SSSR count). The first-order valence-electron chi connectivity index (χ1n) is 6.29. The van der Waals surface area contributed by atoms with Crippen LogP contribution in [-0.2, 0) is 6.54 Å². The van der Waals surface area contributed by atoms with Crippen molar-refractivity contribution in [3.63, 3.8) is 0 Å². The van der Waals surface area contributed by atoms with Gasteiger partial charge in [-0.05, 0) is 49.9 Å². The van der Waals surface area contributed by atoms with Gasteiger partial charge in [0.25, 0.3) is 0 Å². The Hall–Kier alpha value is -0.710. The van der Waals surface area contributed by atoms with E-state index in [-0.39, 0.29) is 0 Å². The van der Waals surface area contributed by atoms with Crippen molar-refractivity contribution in [3.05, 3.63) is 62.8 Å². The highest BCUT2D eigenvalue weighted by Gasteiger charge is 2.09. The Morgan fingerprint density at radius 1 is 1.21 bits per heavy atom. The van der Waals surface area contributed by atoms with Crippen molar-refractivity contribution in [2.75, 3.05) is 0 Å². The standard InChI is InChI=1S/C15H16Br2N2/c1-2-14(11-6-4-3-5-7-11)19-10-15-13(17)8-12(16)9-18-15/h3-9,14,19H,2,10H2,1H3. The monoisotopic (exact) mass is 382 g/mol. The highest BCUT2D eigenvalue weighted by molar-refractivity contribution is 9.11. The smallest absolute Gasteiger partial charge is 0.0684 e. The van der Waals surface area contributed by atoms with Crippen LogP contribution in [0.5, 0.6) is 0 Å². The molecule has 0 saturated carbocycles. The number of pyridine rings is 1. The van der Waals surface area contributed by atoms with Gasteiger partial charge in [0, 0.05) is 27.7 Å². The Kier molecular flexibility index (Phi) is 5.55. The molecular weight excluding hydrogens is 368 g/mol. The molecule has 2 nitrogen and oxygen atoms in total. The molecule has 0 spiro atoms. The maximum atomic E-state index is 4.42. The third kappa shape index (κ3) is 4.13. The molecule has 0 aliphatic heterocycles. The van der Waals surface area contributed by atoms with E-state index in [0.29, 0.717) is 6.04 Å². The first kappa shape index (κ1) is 14.7. The van der Waals surface area contributed by atoms with Crippen LogP contribution >= 0.6 is 31.9 Å². The van der Waals surface area contributed by atoms with Crippen molar-refractivity contribution in [2.45, 2.75) is 25.9 Å². The lowest BCUT2D eigenvalue weighted by Gasteiger charge is -2.17. The van der Waals surface area contributed by atoms with E-state index in [2.05, 4.69) is 73.3 Å². The molecule has 1 atom stereocenters. The minimum absolute atomic E-state index is 0.360. The number of nitrogens with one attached hydrogen (secondary N) is 1. The van der Waals surface area contributed by atoms with Crippen LogP contribution in [0, 0.1) is 0 Å². The summed E-state index contributed by atoms with van der Waals surface area (Å²) in [4.78, 5) is 4.42. The highest BCUT2D eigenvalue weighted by Crippen LogP contribution is 2.21. The van der Waals surface area contributed by atoms with Crippen molar-refractivity contribution in [1.82, 2.24) is 10.3 Å². The van der Waals surface area contributed by atoms with Gasteiger partial charge >= 0.3 is 0 Å². The molecule has 1 aromatic heterocycles. The number of benzene rings is 1. The minimum atomic E-state index is 0.360. The van der Waals surface area contributed by atoms with Crippen molar-refractivity contribution in [1.29, 1.82) is 0 Å². The lowest BCUT2D eigenvalue weighted by Crippen LogP contribution is -2.21. The van der Waals surface area contributed by atoms with E-state index >= 15 is 0 Å². The van der Waals surface area contributed by atoms with E-state index in [1.165, 1.54) is 5.56 Å². The third-order valence-corrected chi connectivity index (χ3v) is 4.13. The van der Waals surface area contributed by atoms with Crippen LogP contribution in [0.2, 0.25) is 0 Å². The predicted octanol–water partition coefficient (Wildman–Crippen LogP) is 4.85. The normalized spacial score (nSPS) is 12.4. The second-order valence-corrected chi connectivity index (χ2v) is 6.10. The molecule has 0 amide bonds. The van der Waals surface area contributed by atoms with E-state index < -0.39 is 0 Å². The topological polar surface area (TPSA) is 24.9 Å². The molecule has 100 valence electrons. The Bertz CT molecular complexity index is 529. The van der Waals surface area contributed by atoms with Crippen LogP contribution < -0.4 is 5.32 Å². The highest BCUT2D eigenvalue weighted by atomic mass is 79.9. The summed E-state index contributed by atoms with van der Waals surface area (Å²) in [5.41, 5.74) is 2.34. The molecule has 1 unspecified atom stereocenters. The van der Waals surface area contributed by atoms with Crippen molar-refractivity contribution in [3.8, 4) is 0 Å². The molecule has 0 aliphatic rings. The van der Waals surface area contributed by atoms with E-state index in [0.717, 1.165) is 27.6 Å². The number of hydrogen-bond acceptors (Lipinski definition) is 2. The second kappa shape index (κ2) is 7.17. The van der Waals surface area contributed by atoms with Gasteiger partial charge in [-0.15, -0.1) is 0 Å². The fourth-order valence-electron chi connectivity index (χ4n) is 1.98. The largest absolute Gasteiger partial charge is 0.304 e. The van der Waals surface area contributed by atoms with E-state index in [4.69, 9.17) is 0 Å². The van der Waals surface area contributed by atoms with Crippen LogP contribution in [0.1, 0.15) is 30.6 Å². The van der Waals surface area contributed by atoms with Crippen molar-refractivity contribution >= 4 is 31.9 Å². The quantitative estimate of drug-likeness (QED) is 0.798. The molecule has 1 N–H and O–H groups in total. The molecule has 0 aliphatic carbocycles. The Morgan fingerprint density at radius 2 is 1.95 bits per heavy atom. The Balaban J connectivity index is 2.04. The van der Waals surface area contributed by atoms with Gasteiger partial charge < -0.3 is 5.32 Å². The minimum Gasteiger partial charge on any atom is -0.304 e. The Morgan fingerprint density at radius 3 is 2.58 bits per heavy atom. The molecule has 0 saturated heterocycles. The predicted molar refractivity (Wildman–Crippen MR) is 86.0 cm³/mol. The SMILES string of the molecule is CCC(NCc1ncc(Br)cc1Br)c1ccccc1. The summed E-state index contributed by atoms with van der Waals surface area (Å²) in [6, 6.07) is 12.9. The van der Waals surface area contributed by atoms with Crippen molar-refractivity contribution < 1.29 is 0 Å². The van der Waals surface area contributed by atoms with Gasteiger partial charge in [-0.1, -0.05) is 37.3 Å². The third-order valence-electron chi connectivity index (χ3n) is 3.01. The lowest BCUT2D eigenvalue weighted by molar-refractivity contribution is 0.513. The van der Waals surface area contributed by atoms with Gasteiger partial charge in [-0.3, -0.25) is 4.98 Å². The summed E-state index contributed by atoms with van der Waals surface area (Å²) in [5, 5.41) is 3.55. The molecular formula is C15H16Br2N2. The zero-order chi connectivity index (χ0) is 13.7. The maximum absolute atomic E-state index is 4.42. The van der Waals surface area contributed by atoms with Crippen LogP contribution in [0.25, 0.3) is 0 Å². The molecule has 19 heavy (non-hydrogen) atoms. The van der Waals surface area contributed by atoms with Crippen molar-refractivity contribution in [2.24, 2.45) is 0 Å². The van der Waals surface area contributed by atoms with E-state index in [1.54, 1.807) is 0 Å². The van der Waals surface area contributed by atoms with Gasteiger partial charge in [0.15, 0.2) is 0 Å². The van der Waals surface area contributed by atoms with Gasteiger partial charge in [0.2, 0.25) is 0 Å². The summed E-state index contributed by atoms with van der Waals surface area (Å²) < 4.78 is 2.01. The van der Waals surface area contributed by atoms with Crippen LogP contribution in [0.4, 0.5) is 0 Å². The maximum Gasteiger partial charge on any atom is 0.0684 e. The zero-order valence-electron chi connectivity index (χ0n) is 10.7. The molecule has 4 heteroatoms. The summed E-state index contributed by atoms with van der Waals surface area (Å²) >= 11 is 6.96. The molecule has 0 fully saturated rings. The molecule has 0 bridgehead atoms. The first-order chi connectivity index (χ1) is 9.20. The van der Waals surface area contributed by atoms with Gasteiger partial charge in [-0.2, -0.15) is 0 Å². The zero-order valence-corrected chi connectivity index (χ0v) is 13.9. The number of nitrogens with zero attached hydrogens (tertiary/aromatic N) is 1. The van der Waals surface area contributed by atoms with E-state index in [1.807, 2.05) is 18.3 Å². The molecule has 2 aromatic rings. The van der Waals surface area contributed by atoms with Crippen LogP contribution in [-0.4, -0.2) is 4.98 Å². The molecule has 1 heterocycles. The van der Waals surface area contributed by atoms with Crippen LogP contribution in [0.3, 0.4) is 0 Å². The summed E-state index contributed by atoms with van der Waals surface area (Å²) in [5.74, 6) is 0. The van der Waals surface area contributed by atoms with Gasteiger partial charge in [0.05, 0.1) is 5.69 Å². The fraction of sp³-hybridized carbons (Fsp3) is 0.267. The van der Waals surface area contributed by atoms with Gasteiger partial charge in [0.1, 0.15) is 0 Å². The lowest BCUT2D eigenvalue weighted by atomic mass is 10.0. The average Bonchev–Trinajstić information content (AvgIpc) is 2.43. The molecule has 0 radical (unpaired) electrons. The summed E-state index contributed by atoms with van der Waals surface area (Å²) in [6.07, 6.45) is 2.88. The average molecular weight is 384 g/mol. The fourth-order valence-corrected chi connectivity index (χ4v) is 3.10. The number of halogens is 2. The van der Waals surface area contributed by atoms with E-state index in [9.17, 15) is 0 Å². The summed E-state index contributed by atoms with van der Waals surface area (Å²) in [6.45, 7) is 2.94. The number of hydrogen-bond donors (Lipinski definition) is 1.